The molecule has 166 valence electrons. The van der Waals surface area contributed by atoms with Crippen LogP contribution in [0.25, 0.3) is 0 Å². The molecule has 0 bridgehead atoms. The molecule has 0 aliphatic heterocycles. The molecule has 2 aromatic heterocycles. The van der Waals surface area contributed by atoms with E-state index in [0.717, 1.165) is 4.90 Å². The number of amides is 2. The molecule has 4 aromatic rings. The van der Waals surface area contributed by atoms with Crippen LogP contribution >= 0.6 is 0 Å². The van der Waals surface area contributed by atoms with Crippen LogP contribution in [0.3, 0.4) is 0 Å². The molecule has 7 nitrogen and oxygen atoms in total. The van der Waals surface area contributed by atoms with Gasteiger partial charge >= 0.3 is 0 Å². The van der Waals surface area contributed by atoms with E-state index in [9.17, 15) is 18.4 Å². The van der Waals surface area contributed by atoms with Crippen LogP contribution in [-0.2, 0) is 11.3 Å². The normalized spacial score (nSPS) is 11.6. The molecule has 9 heteroatoms. The van der Waals surface area contributed by atoms with Gasteiger partial charge in [0.05, 0.1) is 19.0 Å². The lowest BCUT2D eigenvalue weighted by atomic mass is 10.0. The number of benzene rings is 2. The van der Waals surface area contributed by atoms with Crippen LogP contribution in [-0.4, -0.2) is 26.7 Å². The van der Waals surface area contributed by atoms with Gasteiger partial charge in [0, 0.05) is 23.6 Å². The number of hydrogen-bond acceptors (Lipinski definition) is 5. The van der Waals surface area contributed by atoms with Crippen molar-refractivity contribution >= 4 is 17.5 Å². The Morgan fingerprint density at radius 1 is 1.00 bits per heavy atom. The molecule has 0 saturated carbocycles. The first kappa shape index (κ1) is 21.8. The predicted octanol–water partition coefficient (Wildman–Crippen LogP) is 4.37. The van der Waals surface area contributed by atoms with Crippen molar-refractivity contribution in [2.45, 2.75) is 12.6 Å². The molecule has 2 amide bonds. The van der Waals surface area contributed by atoms with Gasteiger partial charge in [0.15, 0.2) is 0 Å². The Bertz CT molecular complexity index is 1230. The van der Waals surface area contributed by atoms with Gasteiger partial charge < -0.3 is 14.6 Å². The highest BCUT2D eigenvalue weighted by atomic mass is 19.1. The van der Waals surface area contributed by atoms with Gasteiger partial charge in [-0.3, -0.25) is 14.6 Å². The van der Waals surface area contributed by atoms with Gasteiger partial charge in [0.2, 0.25) is 0 Å². The van der Waals surface area contributed by atoms with Crippen LogP contribution in [0.2, 0.25) is 0 Å². The zero-order valence-electron chi connectivity index (χ0n) is 17.2. The fraction of sp³-hybridized carbons (Fsp3) is 0.0833. The summed E-state index contributed by atoms with van der Waals surface area (Å²) in [5, 5.41) is 2.63. The molecule has 0 aliphatic rings. The van der Waals surface area contributed by atoms with Crippen molar-refractivity contribution in [2.24, 2.45) is 0 Å². The van der Waals surface area contributed by atoms with Crippen molar-refractivity contribution in [3.05, 3.63) is 114 Å². The fourth-order valence-electron chi connectivity index (χ4n) is 3.30. The third-order valence-electron chi connectivity index (χ3n) is 4.82. The van der Waals surface area contributed by atoms with Gasteiger partial charge in [-0.1, -0.05) is 18.2 Å². The second-order valence-electron chi connectivity index (χ2n) is 7.02. The van der Waals surface area contributed by atoms with E-state index in [1.807, 2.05) is 0 Å². The van der Waals surface area contributed by atoms with Gasteiger partial charge in [0.25, 0.3) is 11.8 Å². The molecule has 33 heavy (non-hydrogen) atoms. The van der Waals surface area contributed by atoms with E-state index < -0.39 is 29.5 Å². The highest BCUT2D eigenvalue weighted by Gasteiger charge is 2.35. The zero-order chi connectivity index (χ0) is 23.2. The molecular weight excluding hydrogens is 430 g/mol. The van der Waals surface area contributed by atoms with Crippen molar-refractivity contribution in [3.63, 3.8) is 0 Å². The quantitative estimate of drug-likeness (QED) is 0.454. The highest BCUT2D eigenvalue weighted by Crippen LogP contribution is 2.28. The van der Waals surface area contributed by atoms with Crippen molar-refractivity contribution in [2.75, 3.05) is 5.32 Å². The Morgan fingerprint density at radius 2 is 1.79 bits per heavy atom. The first-order chi connectivity index (χ1) is 16.0. The summed E-state index contributed by atoms with van der Waals surface area (Å²) >= 11 is 0. The van der Waals surface area contributed by atoms with E-state index in [1.54, 1.807) is 18.2 Å². The number of furan rings is 1. The minimum Gasteiger partial charge on any atom is -0.467 e. The minimum absolute atomic E-state index is 0.0269. The van der Waals surface area contributed by atoms with E-state index in [4.69, 9.17) is 4.42 Å². The Labute approximate surface area is 187 Å². The Balaban J connectivity index is 1.78. The molecule has 1 N–H and O–H groups in total. The largest absolute Gasteiger partial charge is 0.467 e. The Kier molecular flexibility index (Phi) is 6.49. The van der Waals surface area contributed by atoms with E-state index in [-0.39, 0.29) is 23.5 Å². The summed E-state index contributed by atoms with van der Waals surface area (Å²) in [4.78, 5) is 35.9. The van der Waals surface area contributed by atoms with Gasteiger partial charge in [-0.25, -0.2) is 13.8 Å². The average Bonchev–Trinajstić information content (AvgIpc) is 3.35. The van der Waals surface area contributed by atoms with Crippen LogP contribution in [0.15, 0.2) is 89.9 Å². The number of hydrogen-bond donors (Lipinski definition) is 1. The Morgan fingerprint density at radius 3 is 2.45 bits per heavy atom. The van der Waals surface area contributed by atoms with E-state index in [2.05, 4.69) is 15.3 Å². The number of rotatable bonds is 7. The van der Waals surface area contributed by atoms with Crippen LogP contribution in [0.1, 0.15) is 27.9 Å². The number of nitrogens with zero attached hydrogens (tertiary/aromatic N) is 3. The van der Waals surface area contributed by atoms with E-state index in [0.29, 0.717) is 5.76 Å². The summed E-state index contributed by atoms with van der Waals surface area (Å²) in [6.45, 7) is -0.141. The number of aromatic nitrogens is 2. The van der Waals surface area contributed by atoms with E-state index >= 15 is 0 Å². The minimum atomic E-state index is -1.39. The standard InChI is InChI=1S/C24H18F2N4O3/c25-16-7-9-17(10-8-16)29-23(31)22(19-5-1-2-6-20(19)26)30(15-18-4-3-13-33-18)24(32)21-14-27-11-12-28-21/h1-14,22H,15H2,(H,29,31). The lowest BCUT2D eigenvalue weighted by Crippen LogP contribution is -2.41. The monoisotopic (exact) mass is 448 g/mol. The Hall–Kier alpha value is -4.40. The smallest absolute Gasteiger partial charge is 0.275 e. The molecule has 0 fully saturated rings. The molecule has 0 radical (unpaired) electrons. The summed E-state index contributed by atoms with van der Waals surface area (Å²) in [5.74, 6) is -2.12. The first-order valence-corrected chi connectivity index (χ1v) is 9.93. The molecule has 0 saturated heterocycles. The lowest BCUT2D eigenvalue weighted by molar-refractivity contribution is -0.121. The van der Waals surface area contributed by atoms with Crippen molar-refractivity contribution in [1.82, 2.24) is 14.9 Å². The molecule has 0 spiro atoms. The van der Waals surface area contributed by atoms with Gasteiger partial charge in [-0.05, 0) is 42.5 Å². The van der Waals surface area contributed by atoms with Gasteiger partial charge in [0.1, 0.15) is 29.1 Å². The van der Waals surface area contributed by atoms with Gasteiger partial charge in [-0.15, -0.1) is 0 Å². The molecule has 0 aliphatic carbocycles. The molecule has 1 atom stereocenters. The summed E-state index contributed by atoms with van der Waals surface area (Å²) in [6.07, 6.45) is 5.43. The first-order valence-electron chi connectivity index (χ1n) is 9.93. The number of carbonyl (C=O) groups is 2. The lowest BCUT2D eigenvalue weighted by Gasteiger charge is -2.30. The topological polar surface area (TPSA) is 88.3 Å². The van der Waals surface area contributed by atoms with E-state index in [1.165, 1.54) is 67.3 Å². The summed E-state index contributed by atoms with van der Waals surface area (Å²) in [7, 11) is 0. The predicted molar refractivity (Wildman–Crippen MR) is 115 cm³/mol. The van der Waals surface area contributed by atoms with Crippen LogP contribution in [0.4, 0.5) is 14.5 Å². The molecule has 1 unspecified atom stereocenters. The third-order valence-corrected chi connectivity index (χ3v) is 4.82. The maximum absolute atomic E-state index is 14.9. The van der Waals surface area contributed by atoms with Crippen LogP contribution < -0.4 is 5.32 Å². The summed E-state index contributed by atoms with van der Waals surface area (Å²) in [5.41, 5.74) is 0.230. The fourth-order valence-corrected chi connectivity index (χ4v) is 3.30. The second kappa shape index (κ2) is 9.82. The maximum Gasteiger partial charge on any atom is 0.275 e. The average molecular weight is 448 g/mol. The number of carbonyl (C=O) groups excluding carboxylic acids is 2. The molecule has 2 heterocycles. The SMILES string of the molecule is O=C(Nc1ccc(F)cc1)C(c1ccccc1F)N(Cc1ccco1)C(=O)c1cnccn1. The van der Waals surface area contributed by atoms with Gasteiger partial charge in [-0.2, -0.15) is 0 Å². The van der Waals surface area contributed by atoms with Crippen molar-refractivity contribution in [3.8, 4) is 0 Å². The molecule has 4 rings (SSSR count). The van der Waals surface area contributed by atoms with Crippen LogP contribution in [0.5, 0.6) is 0 Å². The van der Waals surface area contributed by atoms with Crippen molar-refractivity contribution in [1.29, 1.82) is 0 Å². The summed E-state index contributed by atoms with van der Waals surface area (Å²) in [6, 6.07) is 12.6. The maximum atomic E-state index is 14.9. The number of nitrogens with one attached hydrogen (secondary N) is 1. The second-order valence-corrected chi connectivity index (χ2v) is 7.02. The third kappa shape index (κ3) is 5.09. The molecular formula is C24H18F2N4O3. The van der Waals surface area contributed by atoms with Crippen LogP contribution in [0, 0.1) is 11.6 Å². The van der Waals surface area contributed by atoms with Crippen molar-refractivity contribution < 1.29 is 22.8 Å². The number of halogens is 2. The number of anilines is 1. The molecule has 2 aromatic carbocycles. The highest BCUT2D eigenvalue weighted by molar-refractivity contribution is 6.00. The summed E-state index contributed by atoms with van der Waals surface area (Å²) < 4.78 is 33.6. The zero-order valence-corrected chi connectivity index (χ0v) is 17.2.